The summed E-state index contributed by atoms with van der Waals surface area (Å²) in [7, 11) is 1.69. The van der Waals surface area contributed by atoms with E-state index in [1.807, 2.05) is 0 Å². The lowest BCUT2D eigenvalue weighted by Crippen LogP contribution is -2.49. The largest absolute Gasteiger partial charge is 0.492 e. The molecule has 0 saturated carbocycles. The Labute approximate surface area is 163 Å². The summed E-state index contributed by atoms with van der Waals surface area (Å²) in [6, 6.07) is 8.94. The Morgan fingerprint density at radius 1 is 1.25 bits per heavy atom. The third kappa shape index (κ3) is 5.25. The maximum atomic E-state index is 12.9. The molecule has 0 unspecified atom stereocenters. The standard InChI is InChI=1S/C20H24FN3O4/c1-23(12-14-27-17-6-4-15(21)5-7-17)20(26)22-16-8-10-24(11-9-16)19(25)18-3-2-13-28-18/h2-7,13,16H,8-12,14H2,1H3,(H,22,26). The average molecular weight is 389 g/mol. The van der Waals surface area contributed by atoms with E-state index in [4.69, 9.17) is 9.15 Å². The maximum absolute atomic E-state index is 12.9. The van der Waals surface area contributed by atoms with E-state index < -0.39 is 0 Å². The van der Waals surface area contributed by atoms with Gasteiger partial charge in [0.15, 0.2) is 5.76 Å². The lowest BCUT2D eigenvalue weighted by atomic mass is 10.0. The van der Waals surface area contributed by atoms with Crippen LogP contribution < -0.4 is 10.1 Å². The number of hydrogen-bond acceptors (Lipinski definition) is 4. The molecule has 0 spiro atoms. The van der Waals surface area contributed by atoms with E-state index in [0.29, 0.717) is 50.6 Å². The minimum atomic E-state index is -0.319. The number of likely N-dealkylation sites (N-methyl/N-ethyl adjacent to an activating group) is 1. The molecule has 0 aliphatic carbocycles. The van der Waals surface area contributed by atoms with Crippen LogP contribution in [0.3, 0.4) is 0 Å². The van der Waals surface area contributed by atoms with E-state index in [2.05, 4.69) is 5.32 Å². The molecular formula is C20H24FN3O4. The van der Waals surface area contributed by atoms with Crippen molar-refractivity contribution in [2.75, 3.05) is 33.3 Å². The van der Waals surface area contributed by atoms with Gasteiger partial charge in [-0.15, -0.1) is 0 Å². The Kier molecular flexibility index (Phi) is 6.52. The number of likely N-dealkylation sites (tertiary alicyclic amines) is 1. The molecule has 1 N–H and O–H groups in total. The summed E-state index contributed by atoms with van der Waals surface area (Å²) in [6.45, 7) is 1.86. The quantitative estimate of drug-likeness (QED) is 0.824. The van der Waals surface area contributed by atoms with Crippen LogP contribution in [0, 0.1) is 5.82 Å². The van der Waals surface area contributed by atoms with Gasteiger partial charge >= 0.3 is 6.03 Å². The van der Waals surface area contributed by atoms with Crippen LogP contribution >= 0.6 is 0 Å². The number of rotatable bonds is 6. The van der Waals surface area contributed by atoms with Crippen molar-refractivity contribution in [2.24, 2.45) is 0 Å². The van der Waals surface area contributed by atoms with Crippen LogP contribution in [0.15, 0.2) is 47.1 Å². The van der Waals surface area contributed by atoms with Crippen LogP contribution in [-0.2, 0) is 0 Å². The van der Waals surface area contributed by atoms with Crippen molar-refractivity contribution in [2.45, 2.75) is 18.9 Å². The molecule has 1 aromatic carbocycles. The number of carbonyl (C=O) groups is 2. The SMILES string of the molecule is CN(CCOc1ccc(F)cc1)C(=O)NC1CCN(C(=O)c2ccco2)CC1. The number of nitrogens with zero attached hydrogens (tertiary/aromatic N) is 2. The number of carbonyl (C=O) groups excluding carboxylic acids is 2. The summed E-state index contributed by atoms with van der Waals surface area (Å²) >= 11 is 0. The van der Waals surface area contributed by atoms with Gasteiger partial charge in [-0.2, -0.15) is 0 Å². The Hall–Kier alpha value is -3.03. The normalized spacial score (nSPS) is 14.6. The summed E-state index contributed by atoms with van der Waals surface area (Å²) in [6.07, 6.45) is 2.87. The first-order chi connectivity index (χ1) is 13.5. The highest BCUT2D eigenvalue weighted by molar-refractivity contribution is 5.91. The van der Waals surface area contributed by atoms with Crippen LogP contribution in [-0.4, -0.2) is 61.1 Å². The molecule has 1 saturated heterocycles. The van der Waals surface area contributed by atoms with Crippen molar-refractivity contribution >= 4 is 11.9 Å². The summed E-state index contributed by atoms with van der Waals surface area (Å²) in [4.78, 5) is 27.9. The third-order valence-corrected chi connectivity index (χ3v) is 4.70. The number of nitrogens with one attached hydrogen (secondary N) is 1. The van der Waals surface area contributed by atoms with Crippen molar-refractivity contribution in [3.63, 3.8) is 0 Å². The number of piperidine rings is 1. The zero-order valence-electron chi connectivity index (χ0n) is 15.8. The highest BCUT2D eigenvalue weighted by atomic mass is 19.1. The second-order valence-corrected chi connectivity index (χ2v) is 6.72. The van der Waals surface area contributed by atoms with Crippen LogP contribution in [0.1, 0.15) is 23.4 Å². The van der Waals surface area contributed by atoms with Crippen molar-refractivity contribution in [1.82, 2.24) is 15.1 Å². The lowest BCUT2D eigenvalue weighted by Gasteiger charge is -2.32. The number of halogens is 1. The molecule has 1 aliphatic heterocycles. The van der Waals surface area contributed by atoms with Gasteiger partial charge in [-0.1, -0.05) is 0 Å². The predicted molar refractivity (Wildman–Crippen MR) is 101 cm³/mol. The first kappa shape index (κ1) is 19.7. The van der Waals surface area contributed by atoms with Gasteiger partial charge in [0.1, 0.15) is 18.2 Å². The van der Waals surface area contributed by atoms with Crippen molar-refractivity contribution in [1.29, 1.82) is 0 Å². The predicted octanol–water partition coefficient (Wildman–Crippen LogP) is 2.74. The zero-order valence-corrected chi connectivity index (χ0v) is 15.8. The zero-order chi connectivity index (χ0) is 19.9. The topological polar surface area (TPSA) is 75.0 Å². The van der Waals surface area contributed by atoms with Gasteiger partial charge in [0.25, 0.3) is 5.91 Å². The molecule has 28 heavy (non-hydrogen) atoms. The Morgan fingerprint density at radius 3 is 2.61 bits per heavy atom. The second-order valence-electron chi connectivity index (χ2n) is 6.72. The summed E-state index contributed by atoms with van der Waals surface area (Å²) < 4.78 is 23.5. The van der Waals surface area contributed by atoms with Crippen LogP contribution in [0.4, 0.5) is 9.18 Å². The fourth-order valence-electron chi connectivity index (χ4n) is 3.00. The van der Waals surface area contributed by atoms with Gasteiger partial charge in [0.05, 0.1) is 12.8 Å². The molecule has 8 heteroatoms. The van der Waals surface area contributed by atoms with Crippen molar-refractivity contribution in [3.05, 3.63) is 54.2 Å². The monoisotopic (exact) mass is 389 g/mol. The molecule has 2 heterocycles. The Balaban J connectivity index is 1.36. The molecule has 150 valence electrons. The molecule has 3 rings (SSSR count). The first-order valence-corrected chi connectivity index (χ1v) is 9.25. The summed E-state index contributed by atoms with van der Waals surface area (Å²) in [5.74, 6) is 0.456. The number of amides is 3. The van der Waals surface area contributed by atoms with Crippen molar-refractivity contribution < 1.29 is 23.1 Å². The fraction of sp³-hybridized carbons (Fsp3) is 0.400. The number of ether oxygens (including phenoxy) is 1. The van der Waals surface area contributed by atoms with E-state index in [9.17, 15) is 14.0 Å². The number of furan rings is 1. The Bertz CT molecular complexity index is 771. The molecule has 0 atom stereocenters. The van der Waals surface area contributed by atoms with Gasteiger partial charge in [-0.25, -0.2) is 9.18 Å². The minimum Gasteiger partial charge on any atom is -0.492 e. The number of benzene rings is 1. The molecule has 1 aromatic heterocycles. The van der Waals surface area contributed by atoms with Crippen LogP contribution in [0.2, 0.25) is 0 Å². The number of urea groups is 1. The molecule has 1 aliphatic rings. The highest BCUT2D eigenvalue weighted by Gasteiger charge is 2.26. The summed E-state index contributed by atoms with van der Waals surface area (Å²) in [5.41, 5.74) is 0. The maximum Gasteiger partial charge on any atom is 0.317 e. The van der Waals surface area contributed by atoms with Gasteiger partial charge < -0.3 is 24.3 Å². The second kappa shape index (κ2) is 9.25. The van der Waals surface area contributed by atoms with Gasteiger partial charge in [-0.05, 0) is 49.2 Å². The van der Waals surface area contributed by atoms with Gasteiger partial charge in [0.2, 0.25) is 0 Å². The molecule has 0 bridgehead atoms. The fourth-order valence-corrected chi connectivity index (χ4v) is 3.00. The molecule has 7 nitrogen and oxygen atoms in total. The molecular weight excluding hydrogens is 365 g/mol. The molecule has 2 aromatic rings. The summed E-state index contributed by atoms with van der Waals surface area (Å²) in [5, 5.41) is 2.99. The molecule has 1 fully saturated rings. The van der Waals surface area contributed by atoms with E-state index in [1.165, 1.54) is 18.4 Å². The van der Waals surface area contributed by atoms with Crippen LogP contribution in [0.5, 0.6) is 5.75 Å². The average Bonchev–Trinajstić information content (AvgIpc) is 3.24. The molecule has 0 radical (unpaired) electrons. The molecule has 3 amide bonds. The van der Waals surface area contributed by atoms with E-state index in [-0.39, 0.29) is 23.8 Å². The highest BCUT2D eigenvalue weighted by Crippen LogP contribution is 2.15. The van der Waals surface area contributed by atoms with Gasteiger partial charge in [-0.3, -0.25) is 4.79 Å². The Morgan fingerprint density at radius 2 is 1.96 bits per heavy atom. The van der Waals surface area contributed by atoms with E-state index in [0.717, 1.165) is 0 Å². The number of hydrogen-bond donors (Lipinski definition) is 1. The lowest BCUT2D eigenvalue weighted by molar-refractivity contribution is 0.0674. The minimum absolute atomic E-state index is 0.0219. The first-order valence-electron chi connectivity index (χ1n) is 9.25. The van der Waals surface area contributed by atoms with E-state index in [1.54, 1.807) is 41.1 Å². The van der Waals surface area contributed by atoms with Crippen LogP contribution in [0.25, 0.3) is 0 Å². The third-order valence-electron chi connectivity index (χ3n) is 4.70. The van der Waals surface area contributed by atoms with Crippen molar-refractivity contribution in [3.8, 4) is 5.75 Å². The van der Waals surface area contributed by atoms with E-state index >= 15 is 0 Å². The van der Waals surface area contributed by atoms with Gasteiger partial charge in [0, 0.05) is 26.2 Å². The smallest absolute Gasteiger partial charge is 0.317 e.